The molecule has 0 aromatic heterocycles. The zero-order valence-corrected chi connectivity index (χ0v) is 22.9. The molecule has 37 heavy (non-hydrogen) atoms. The molecule has 3 aromatic rings. The number of sulfonamides is 1. The van der Waals surface area contributed by atoms with Crippen LogP contribution in [0, 0.1) is 20.8 Å². The fourth-order valence-electron chi connectivity index (χ4n) is 4.21. The van der Waals surface area contributed by atoms with Crippen LogP contribution in [0.2, 0.25) is 0 Å². The highest BCUT2D eigenvalue weighted by atomic mass is 32.2. The van der Waals surface area contributed by atoms with Gasteiger partial charge in [0.1, 0.15) is 12.6 Å². The Labute approximate surface area is 220 Å². The van der Waals surface area contributed by atoms with Gasteiger partial charge in [0, 0.05) is 20.0 Å². The second-order valence-electron chi connectivity index (χ2n) is 9.32. The lowest BCUT2D eigenvalue weighted by Crippen LogP contribution is -2.53. The van der Waals surface area contributed by atoms with E-state index in [2.05, 4.69) is 5.32 Å². The molecule has 3 aromatic carbocycles. The fourth-order valence-corrected chi connectivity index (χ4v) is 5.11. The number of aryl methyl sites for hydroxylation is 2. The van der Waals surface area contributed by atoms with Gasteiger partial charge in [-0.2, -0.15) is 0 Å². The minimum atomic E-state index is -3.79. The molecule has 7 nitrogen and oxygen atoms in total. The molecule has 0 aliphatic heterocycles. The minimum Gasteiger partial charge on any atom is -0.357 e. The summed E-state index contributed by atoms with van der Waals surface area (Å²) >= 11 is 0. The lowest BCUT2D eigenvalue weighted by atomic mass is 10.0. The van der Waals surface area contributed by atoms with Crippen LogP contribution in [0.4, 0.5) is 5.69 Å². The van der Waals surface area contributed by atoms with Gasteiger partial charge in [-0.25, -0.2) is 8.42 Å². The first kappa shape index (κ1) is 27.9. The predicted molar refractivity (Wildman–Crippen MR) is 148 cm³/mol. The van der Waals surface area contributed by atoms with Crippen LogP contribution in [0.25, 0.3) is 0 Å². The van der Waals surface area contributed by atoms with E-state index in [1.807, 2.05) is 81.4 Å². The number of amides is 2. The van der Waals surface area contributed by atoms with Gasteiger partial charge < -0.3 is 10.2 Å². The molecular weight excluding hydrogens is 486 g/mol. The number of hydrogen-bond acceptors (Lipinski definition) is 4. The smallest absolute Gasteiger partial charge is 0.244 e. The maximum atomic E-state index is 13.9. The van der Waals surface area contributed by atoms with Crippen molar-refractivity contribution in [1.29, 1.82) is 0 Å². The largest absolute Gasteiger partial charge is 0.357 e. The van der Waals surface area contributed by atoms with Gasteiger partial charge in [0.25, 0.3) is 0 Å². The number of nitrogens with zero attached hydrogens (tertiary/aromatic N) is 2. The monoisotopic (exact) mass is 521 g/mol. The molecule has 0 heterocycles. The zero-order chi connectivity index (χ0) is 27.2. The summed E-state index contributed by atoms with van der Waals surface area (Å²) in [6.45, 7) is 5.45. The molecule has 0 fully saturated rings. The van der Waals surface area contributed by atoms with E-state index >= 15 is 0 Å². The van der Waals surface area contributed by atoms with Crippen molar-refractivity contribution in [2.24, 2.45) is 0 Å². The van der Waals surface area contributed by atoms with Crippen LogP contribution in [-0.2, 0) is 32.6 Å². The Balaban J connectivity index is 2.05. The summed E-state index contributed by atoms with van der Waals surface area (Å²) in [5.41, 5.74) is 4.96. The molecule has 0 bridgehead atoms. The molecule has 0 unspecified atom stereocenters. The van der Waals surface area contributed by atoms with Gasteiger partial charge in [-0.3, -0.25) is 13.9 Å². The van der Waals surface area contributed by atoms with E-state index in [0.717, 1.165) is 38.4 Å². The predicted octanol–water partition coefficient (Wildman–Crippen LogP) is 3.76. The Morgan fingerprint density at radius 2 is 1.51 bits per heavy atom. The van der Waals surface area contributed by atoms with Gasteiger partial charge in [-0.15, -0.1) is 0 Å². The molecule has 0 aliphatic rings. The molecule has 8 heteroatoms. The average molecular weight is 522 g/mol. The number of nitrogens with one attached hydrogen (secondary N) is 1. The number of carbonyl (C=O) groups is 2. The van der Waals surface area contributed by atoms with E-state index in [4.69, 9.17) is 0 Å². The second-order valence-corrected chi connectivity index (χ2v) is 11.2. The summed E-state index contributed by atoms with van der Waals surface area (Å²) in [7, 11) is -2.25. The molecule has 196 valence electrons. The molecule has 0 aliphatic carbocycles. The third kappa shape index (κ3) is 7.20. The Morgan fingerprint density at radius 1 is 0.865 bits per heavy atom. The molecule has 0 saturated carbocycles. The van der Waals surface area contributed by atoms with Crippen LogP contribution in [0.1, 0.15) is 27.8 Å². The van der Waals surface area contributed by atoms with E-state index in [0.29, 0.717) is 12.1 Å². The number of anilines is 1. The molecule has 0 saturated heterocycles. The van der Waals surface area contributed by atoms with Crippen molar-refractivity contribution in [2.45, 2.75) is 39.8 Å². The lowest BCUT2D eigenvalue weighted by Gasteiger charge is -2.33. The van der Waals surface area contributed by atoms with Crippen molar-refractivity contribution >= 4 is 27.5 Å². The number of benzene rings is 3. The summed E-state index contributed by atoms with van der Waals surface area (Å²) in [6.07, 6.45) is 1.38. The first-order chi connectivity index (χ1) is 17.5. The fraction of sp³-hybridized carbons (Fsp3) is 0.310. The summed E-state index contributed by atoms with van der Waals surface area (Å²) < 4.78 is 26.9. The van der Waals surface area contributed by atoms with Gasteiger partial charge in [0.05, 0.1) is 11.9 Å². The normalized spacial score (nSPS) is 12.0. The van der Waals surface area contributed by atoms with Crippen LogP contribution in [-0.4, -0.2) is 51.0 Å². The van der Waals surface area contributed by atoms with Gasteiger partial charge in [-0.05, 0) is 49.1 Å². The third-order valence-electron chi connectivity index (χ3n) is 6.51. The number of rotatable bonds is 10. The van der Waals surface area contributed by atoms with E-state index in [1.54, 1.807) is 12.1 Å². The van der Waals surface area contributed by atoms with Crippen LogP contribution in [0.5, 0.6) is 0 Å². The van der Waals surface area contributed by atoms with E-state index < -0.39 is 28.5 Å². The molecular formula is C29H35N3O4S. The van der Waals surface area contributed by atoms with Crippen LogP contribution < -0.4 is 9.62 Å². The molecule has 3 rings (SSSR count). The topological polar surface area (TPSA) is 86.8 Å². The maximum absolute atomic E-state index is 13.9. The van der Waals surface area contributed by atoms with Crippen LogP contribution in [0.3, 0.4) is 0 Å². The molecule has 1 atom stereocenters. The Morgan fingerprint density at radius 3 is 2.11 bits per heavy atom. The lowest BCUT2D eigenvalue weighted by molar-refractivity contribution is -0.139. The molecule has 0 radical (unpaired) electrons. The highest BCUT2D eigenvalue weighted by molar-refractivity contribution is 7.92. The molecule has 2 amide bonds. The second kappa shape index (κ2) is 12.1. The van der Waals surface area contributed by atoms with Crippen molar-refractivity contribution in [1.82, 2.24) is 10.2 Å². The van der Waals surface area contributed by atoms with Crippen molar-refractivity contribution in [3.05, 3.63) is 101 Å². The summed E-state index contributed by atoms with van der Waals surface area (Å²) in [6, 6.07) is 21.7. The Kier molecular flexibility index (Phi) is 9.10. The summed E-state index contributed by atoms with van der Waals surface area (Å²) in [5, 5.41) is 2.68. The van der Waals surface area contributed by atoms with E-state index in [-0.39, 0.29) is 12.5 Å². The zero-order valence-electron chi connectivity index (χ0n) is 22.1. The standard InChI is InChI=1S/C29H35N3O4S/c1-21-14-16-25(17-15-21)19-31(27(29(34)30-4)18-24-11-7-6-8-12-24)28(33)20-32(37(5,35)36)26-13-9-10-22(2)23(26)3/h6-17,27H,18-20H2,1-5H3,(H,30,34)/t27-/m1/s1. The quantitative estimate of drug-likeness (QED) is 0.440. The number of hydrogen-bond donors (Lipinski definition) is 1. The first-order valence-electron chi connectivity index (χ1n) is 12.2. The van der Waals surface area contributed by atoms with Crippen molar-refractivity contribution in [3.63, 3.8) is 0 Å². The van der Waals surface area contributed by atoms with Crippen molar-refractivity contribution in [2.75, 3.05) is 24.2 Å². The minimum absolute atomic E-state index is 0.161. The number of likely N-dealkylation sites (N-methyl/N-ethyl adjacent to an activating group) is 1. The average Bonchev–Trinajstić information content (AvgIpc) is 2.87. The van der Waals surface area contributed by atoms with Gasteiger partial charge >= 0.3 is 0 Å². The van der Waals surface area contributed by atoms with Gasteiger partial charge in [0.15, 0.2) is 0 Å². The van der Waals surface area contributed by atoms with Crippen molar-refractivity contribution in [3.8, 4) is 0 Å². The van der Waals surface area contributed by atoms with Gasteiger partial charge in [0.2, 0.25) is 21.8 Å². The van der Waals surface area contributed by atoms with Crippen molar-refractivity contribution < 1.29 is 18.0 Å². The Bertz CT molecular complexity index is 1340. The summed E-state index contributed by atoms with van der Waals surface area (Å²) in [5.74, 6) is -0.779. The third-order valence-corrected chi connectivity index (χ3v) is 7.64. The van der Waals surface area contributed by atoms with E-state index in [1.165, 1.54) is 11.9 Å². The molecule has 1 N–H and O–H groups in total. The highest BCUT2D eigenvalue weighted by Gasteiger charge is 2.33. The van der Waals surface area contributed by atoms with Crippen LogP contribution >= 0.6 is 0 Å². The van der Waals surface area contributed by atoms with E-state index in [9.17, 15) is 18.0 Å². The SMILES string of the molecule is CNC(=O)[C@@H](Cc1ccccc1)N(Cc1ccc(C)cc1)C(=O)CN(c1cccc(C)c1C)S(C)(=O)=O. The Hall–Kier alpha value is -3.65. The first-order valence-corrected chi connectivity index (χ1v) is 14.0. The number of carbonyl (C=O) groups excluding carboxylic acids is 2. The molecule has 0 spiro atoms. The maximum Gasteiger partial charge on any atom is 0.244 e. The highest BCUT2D eigenvalue weighted by Crippen LogP contribution is 2.26. The summed E-state index contributed by atoms with van der Waals surface area (Å²) in [4.78, 5) is 28.5. The van der Waals surface area contributed by atoms with Gasteiger partial charge in [-0.1, -0.05) is 72.3 Å². The van der Waals surface area contributed by atoms with Crippen LogP contribution in [0.15, 0.2) is 72.8 Å².